The van der Waals surface area contributed by atoms with Gasteiger partial charge < -0.3 is 9.22 Å². The van der Waals surface area contributed by atoms with Crippen molar-refractivity contribution in [2.45, 2.75) is 45.5 Å². The van der Waals surface area contributed by atoms with Crippen LogP contribution in [-0.2, 0) is 9.22 Å². The lowest BCUT2D eigenvalue weighted by Gasteiger charge is -2.23. The fraction of sp³-hybridized carbons (Fsp3) is 0.875. The highest BCUT2D eigenvalue weighted by Crippen LogP contribution is 2.11. The molecule has 2 nitrogen and oxygen atoms in total. The van der Waals surface area contributed by atoms with Crippen LogP contribution in [0.2, 0.25) is 19.6 Å². The van der Waals surface area contributed by atoms with Gasteiger partial charge in [-0.3, -0.25) is 0 Å². The van der Waals surface area contributed by atoms with Crippen LogP contribution in [0.4, 0.5) is 0 Å². The van der Waals surface area contributed by atoms with Crippen molar-refractivity contribution in [2.75, 3.05) is 0 Å². The Morgan fingerprint density at radius 3 is 2.27 bits per heavy atom. The highest BCUT2D eigenvalue weighted by molar-refractivity contribution is 6.69. The number of hydrogen-bond donors (Lipinski definition) is 0. The molecular formula is C8H18O2Si. The maximum atomic E-state index is 10.2. The van der Waals surface area contributed by atoms with Gasteiger partial charge in [-0.25, -0.2) is 0 Å². The predicted molar refractivity (Wildman–Crippen MR) is 49.2 cm³/mol. The van der Waals surface area contributed by atoms with Crippen LogP contribution in [0.3, 0.4) is 0 Å². The molecule has 0 aliphatic carbocycles. The van der Waals surface area contributed by atoms with Crippen molar-refractivity contribution in [3.63, 3.8) is 0 Å². The van der Waals surface area contributed by atoms with Gasteiger partial charge in [0.2, 0.25) is 0 Å². The van der Waals surface area contributed by atoms with Crippen LogP contribution in [0.1, 0.15) is 19.8 Å². The minimum Gasteiger partial charge on any atom is -0.414 e. The van der Waals surface area contributed by atoms with E-state index in [1.165, 1.54) is 0 Å². The molecule has 11 heavy (non-hydrogen) atoms. The second-order valence-electron chi connectivity index (χ2n) is 3.66. The Balaban J connectivity index is 3.77. The summed E-state index contributed by atoms with van der Waals surface area (Å²) in [6, 6.07) is 0. The first-order chi connectivity index (χ1) is 4.99. The van der Waals surface area contributed by atoms with Gasteiger partial charge in [-0.15, -0.1) is 0 Å². The summed E-state index contributed by atoms with van der Waals surface area (Å²) in [5, 5.41) is 0. The zero-order valence-corrected chi connectivity index (χ0v) is 8.89. The zero-order chi connectivity index (χ0) is 8.91. The Morgan fingerprint density at radius 1 is 1.45 bits per heavy atom. The molecule has 0 aromatic rings. The maximum absolute atomic E-state index is 10.2. The number of rotatable bonds is 5. The average Bonchev–Trinajstić information content (AvgIpc) is 1.84. The van der Waals surface area contributed by atoms with E-state index < -0.39 is 8.32 Å². The standard InChI is InChI=1S/C8H18O2Si/c1-5-8(6-7-9)10-11(2,3)4/h7-8H,5-6H2,1-4H3/t8-/m0/s1. The minimum atomic E-state index is -1.44. The normalized spacial score (nSPS) is 14.5. The topological polar surface area (TPSA) is 26.3 Å². The first kappa shape index (κ1) is 10.8. The van der Waals surface area contributed by atoms with E-state index in [2.05, 4.69) is 19.6 Å². The van der Waals surface area contributed by atoms with Gasteiger partial charge in [0, 0.05) is 6.42 Å². The Kier molecular flexibility index (Phi) is 4.60. The van der Waals surface area contributed by atoms with Gasteiger partial charge >= 0.3 is 0 Å². The number of carbonyl (C=O) groups is 1. The van der Waals surface area contributed by atoms with Gasteiger partial charge in [0.05, 0.1) is 6.10 Å². The Hall–Kier alpha value is -0.153. The van der Waals surface area contributed by atoms with Crippen molar-refractivity contribution < 1.29 is 9.22 Å². The first-order valence-electron chi connectivity index (χ1n) is 4.11. The largest absolute Gasteiger partial charge is 0.414 e. The van der Waals surface area contributed by atoms with Crippen LogP contribution in [0, 0.1) is 0 Å². The molecule has 0 aliphatic rings. The third-order valence-electron chi connectivity index (χ3n) is 1.33. The summed E-state index contributed by atoms with van der Waals surface area (Å²) in [7, 11) is -1.44. The highest BCUT2D eigenvalue weighted by Gasteiger charge is 2.19. The van der Waals surface area contributed by atoms with Crippen molar-refractivity contribution in [3.05, 3.63) is 0 Å². The quantitative estimate of drug-likeness (QED) is 0.472. The van der Waals surface area contributed by atoms with E-state index in [0.717, 1.165) is 12.7 Å². The molecule has 66 valence electrons. The Bertz CT molecular complexity index is 118. The summed E-state index contributed by atoms with van der Waals surface area (Å²) in [6.07, 6.45) is 2.57. The fourth-order valence-electron chi connectivity index (χ4n) is 0.905. The molecule has 0 bridgehead atoms. The predicted octanol–water partition coefficient (Wildman–Crippen LogP) is 2.21. The molecule has 0 spiro atoms. The van der Waals surface area contributed by atoms with E-state index in [4.69, 9.17) is 4.43 Å². The van der Waals surface area contributed by atoms with Gasteiger partial charge in [-0.05, 0) is 26.1 Å². The lowest BCUT2D eigenvalue weighted by Crippen LogP contribution is -2.31. The molecule has 0 radical (unpaired) electrons. The molecule has 0 aliphatic heterocycles. The molecule has 0 unspecified atom stereocenters. The molecule has 3 heteroatoms. The summed E-state index contributed by atoms with van der Waals surface area (Å²) >= 11 is 0. The van der Waals surface area contributed by atoms with Crippen LogP contribution in [-0.4, -0.2) is 20.7 Å². The van der Waals surface area contributed by atoms with E-state index in [0.29, 0.717) is 6.42 Å². The van der Waals surface area contributed by atoms with Crippen LogP contribution < -0.4 is 0 Å². The fourth-order valence-corrected chi connectivity index (χ4v) is 2.17. The van der Waals surface area contributed by atoms with Gasteiger partial charge in [-0.2, -0.15) is 0 Å². The van der Waals surface area contributed by atoms with E-state index in [1.54, 1.807) is 0 Å². The molecule has 0 aromatic carbocycles. The highest BCUT2D eigenvalue weighted by atomic mass is 28.4. The Morgan fingerprint density at radius 2 is 2.00 bits per heavy atom. The summed E-state index contributed by atoms with van der Waals surface area (Å²) in [5.74, 6) is 0. The molecule has 0 saturated carbocycles. The van der Waals surface area contributed by atoms with Crippen LogP contribution in [0.25, 0.3) is 0 Å². The van der Waals surface area contributed by atoms with Gasteiger partial charge in [0.25, 0.3) is 0 Å². The van der Waals surface area contributed by atoms with E-state index >= 15 is 0 Å². The lowest BCUT2D eigenvalue weighted by molar-refractivity contribution is -0.109. The molecule has 1 atom stereocenters. The second kappa shape index (κ2) is 4.67. The summed E-state index contributed by atoms with van der Waals surface area (Å²) in [6.45, 7) is 8.47. The second-order valence-corrected chi connectivity index (χ2v) is 8.12. The van der Waals surface area contributed by atoms with Crippen LogP contribution in [0.5, 0.6) is 0 Å². The average molecular weight is 174 g/mol. The third-order valence-corrected chi connectivity index (χ3v) is 2.38. The van der Waals surface area contributed by atoms with Crippen molar-refractivity contribution in [1.29, 1.82) is 0 Å². The molecule has 0 heterocycles. The van der Waals surface area contributed by atoms with Crippen molar-refractivity contribution >= 4 is 14.6 Å². The van der Waals surface area contributed by atoms with E-state index in [1.807, 2.05) is 6.92 Å². The molecule has 0 saturated heterocycles. The van der Waals surface area contributed by atoms with Crippen LogP contribution in [0.15, 0.2) is 0 Å². The van der Waals surface area contributed by atoms with Crippen molar-refractivity contribution in [2.24, 2.45) is 0 Å². The molecule has 0 rings (SSSR count). The van der Waals surface area contributed by atoms with Gasteiger partial charge in [-0.1, -0.05) is 6.92 Å². The van der Waals surface area contributed by atoms with Gasteiger partial charge in [0.15, 0.2) is 8.32 Å². The molecule has 0 N–H and O–H groups in total. The summed E-state index contributed by atoms with van der Waals surface area (Å²) in [4.78, 5) is 10.2. The molecule has 0 fully saturated rings. The van der Waals surface area contributed by atoms with Crippen molar-refractivity contribution in [1.82, 2.24) is 0 Å². The number of hydrogen-bond acceptors (Lipinski definition) is 2. The number of carbonyl (C=O) groups excluding carboxylic acids is 1. The zero-order valence-electron chi connectivity index (χ0n) is 7.89. The summed E-state index contributed by atoms with van der Waals surface area (Å²) < 4.78 is 5.74. The maximum Gasteiger partial charge on any atom is 0.184 e. The minimum absolute atomic E-state index is 0.152. The number of aldehydes is 1. The van der Waals surface area contributed by atoms with Crippen LogP contribution >= 0.6 is 0 Å². The molecular weight excluding hydrogens is 156 g/mol. The van der Waals surface area contributed by atoms with Gasteiger partial charge in [0.1, 0.15) is 6.29 Å². The molecule has 0 amide bonds. The monoisotopic (exact) mass is 174 g/mol. The SMILES string of the molecule is CC[C@@H](CC=O)O[Si](C)(C)C. The summed E-state index contributed by atoms with van der Waals surface area (Å²) in [5.41, 5.74) is 0. The third kappa shape index (κ3) is 6.25. The van der Waals surface area contributed by atoms with E-state index in [-0.39, 0.29) is 6.10 Å². The lowest BCUT2D eigenvalue weighted by atomic mass is 10.2. The van der Waals surface area contributed by atoms with E-state index in [9.17, 15) is 4.79 Å². The Labute approximate surface area is 70.1 Å². The first-order valence-corrected chi connectivity index (χ1v) is 7.52. The van der Waals surface area contributed by atoms with Crippen molar-refractivity contribution in [3.8, 4) is 0 Å². The smallest absolute Gasteiger partial charge is 0.184 e. The molecule has 0 aromatic heterocycles.